The number of Topliss-reactive ketones (excluding diaryl/α,β-unsaturated/α-hetero) is 1. The number of fused-ring (bicyclic) bond motifs is 1. The molecule has 134 valence electrons. The van der Waals surface area contributed by atoms with Crippen LogP contribution in [0.1, 0.15) is 66.4 Å². The lowest BCUT2D eigenvalue weighted by Gasteiger charge is -2.27. The average molecular weight is 343 g/mol. The number of anilines is 1. The Labute approximate surface area is 147 Å². The Bertz CT molecular complexity index is 827. The molecule has 6 heteroatoms. The molecule has 0 aromatic carbocycles. The fraction of sp³-hybridized carbons (Fsp3) is 0.526. The van der Waals surface area contributed by atoms with E-state index in [1.807, 2.05) is 24.6 Å². The number of aromatic nitrogens is 2. The molecule has 6 nitrogen and oxygen atoms in total. The van der Waals surface area contributed by atoms with Gasteiger partial charge < -0.3 is 8.98 Å². The van der Waals surface area contributed by atoms with Gasteiger partial charge in [-0.3, -0.25) is 14.9 Å². The van der Waals surface area contributed by atoms with E-state index in [0.29, 0.717) is 41.6 Å². The molecule has 0 atom stereocenters. The average Bonchev–Trinajstić information content (AvgIpc) is 3.02. The Morgan fingerprint density at radius 3 is 2.80 bits per heavy atom. The lowest BCUT2D eigenvalue weighted by Crippen LogP contribution is -2.26. The highest BCUT2D eigenvalue weighted by Gasteiger charge is 2.37. The molecule has 0 saturated heterocycles. The summed E-state index contributed by atoms with van der Waals surface area (Å²) in [5, 5.41) is 2.81. The van der Waals surface area contributed by atoms with Crippen LogP contribution in [0.3, 0.4) is 0 Å². The van der Waals surface area contributed by atoms with Crippen LogP contribution in [0.25, 0.3) is 0 Å². The van der Waals surface area contributed by atoms with E-state index in [2.05, 4.69) is 24.1 Å². The number of furan rings is 1. The highest BCUT2D eigenvalue weighted by molar-refractivity contribution is 6.07. The molecule has 1 amide bonds. The maximum atomic E-state index is 12.7. The van der Waals surface area contributed by atoms with Crippen LogP contribution in [-0.4, -0.2) is 21.2 Å². The summed E-state index contributed by atoms with van der Waals surface area (Å²) in [6.07, 6.45) is 4.62. The highest BCUT2D eigenvalue weighted by Crippen LogP contribution is 2.38. The molecule has 1 aliphatic rings. The van der Waals surface area contributed by atoms with Gasteiger partial charge in [-0.2, -0.15) is 0 Å². The van der Waals surface area contributed by atoms with Gasteiger partial charge in [-0.1, -0.05) is 27.7 Å². The summed E-state index contributed by atoms with van der Waals surface area (Å²) in [5.41, 5.74) is 1.06. The Morgan fingerprint density at radius 1 is 1.40 bits per heavy atom. The fourth-order valence-corrected chi connectivity index (χ4v) is 3.43. The first-order chi connectivity index (χ1) is 11.7. The van der Waals surface area contributed by atoms with E-state index in [-0.39, 0.29) is 22.9 Å². The van der Waals surface area contributed by atoms with Crippen LogP contribution in [0.5, 0.6) is 0 Å². The standard InChI is InChI=1S/C19H25N3O3/c1-11(2)10-22-7-6-20-18(22)21-17(24)16-12(3)15-13(23)8-19(4,5)9-14(15)25-16/h6-7,11H,8-10H2,1-5H3,(H,20,21,24). The number of nitrogens with zero attached hydrogens (tertiary/aromatic N) is 2. The van der Waals surface area contributed by atoms with Crippen LogP contribution in [-0.2, 0) is 13.0 Å². The third-order valence-corrected chi connectivity index (χ3v) is 4.49. The zero-order valence-corrected chi connectivity index (χ0v) is 15.5. The van der Waals surface area contributed by atoms with Crippen molar-refractivity contribution in [2.45, 2.75) is 54.0 Å². The lowest BCUT2D eigenvalue weighted by atomic mass is 9.76. The molecule has 0 saturated carbocycles. The van der Waals surface area contributed by atoms with Crippen molar-refractivity contribution in [3.05, 3.63) is 35.0 Å². The molecule has 0 radical (unpaired) electrons. The highest BCUT2D eigenvalue weighted by atomic mass is 16.4. The van der Waals surface area contributed by atoms with Crippen molar-refractivity contribution < 1.29 is 14.0 Å². The molecular weight excluding hydrogens is 318 g/mol. The van der Waals surface area contributed by atoms with Gasteiger partial charge in [-0.25, -0.2) is 4.98 Å². The number of rotatable bonds is 4. The van der Waals surface area contributed by atoms with Gasteiger partial charge in [0.2, 0.25) is 5.95 Å². The second-order valence-corrected chi connectivity index (χ2v) is 8.05. The summed E-state index contributed by atoms with van der Waals surface area (Å²) >= 11 is 0. The zero-order valence-electron chi connectivity index (χ0n) is 15.5. The molecule has 0 unspecified atom stereocenters. The van der Waals surface area contributed by atoms with E-state index >= 15 is 0 Å². The second-order valence-electron chi connectivity index (χ2n) is 8.05. The van der Waals surface area contributed by atoms with Gasteiger partial charge in [0.1, 0.15) is 5.76 Å². The van der Waals surface area contributed by atoms with Crippen molar-refractivity contribution in [2.24, 2.45) is 11.3 Å². The van der Waals surface area contributed by atoms with Gasteiger partial charge in [0.05, 0.1) is 5.56 Å². The largest absolute Gasteiger partial charge is 0.455 e. The molecule has 2 heterocycles. The Hall–Kier alpha value is -2.37. The zero-order chi connectivity index (χ0) is 18.4. The van der Waals surface area contributed by atoms with Gasteiger partial charge in [-0.15, -0.1) is 0 Å². The van der Waals surface area contributed by atoms with Crippen molar-refractivity contribution in [3.63, 3.8) is 0 Å². The minimum Gasteiger partial charge on any atom is -0.455 e. The maximum absolute atomic E-state index is 12.7. The monoisotopic (exact) mass is 343 g/mol. The summed E-state index contributed by atoms with van der Waals surface area (Å²) in [6, 6.07) is 0. The van der Waals surface area contributed by atoms with E-state index in [0.717, 1.165) is 6.54 Å². The molecule has 0 spiro atoms. The van der Waals surface area contributed by atoms with Crippen molar-refractivity contribution >= 4 is 17.6 Å². The Kier molecular flexibility index (Phi) is 4.31. The molecular formula is C19H25N3O3. The van der Waals surface area contributed by atoms with Crippen LogP contribution >= 0.6 is 0 Å². The van der Waals surface area contributed by atoms with E-state index in [1.165, 1.54) is 0 Å². The summed E-state index contributed by atoms with van der Waals surface area (Å²) in [4.78, 5) is 29.3. The molecule has 0 fully saturated rings. The van der Waals surface area contributed by atoms with Crippen molar-refractivity contribution in [1.29, 1.82) is 0 Å². The van der Waals surface area contributed by atoms with Gasteiger partial charge in [0.25, 0.3) is 5.91 Å². The topological polar surface area (TPSA) is 77.1 Å². The first-order valence-corrected chi connectivity index (χ1v) is 8.66. The molecule has 2 aromatic heterocycles. The number of hydrogen-bond acceptors (Lipinski definition) is 4. The molecule has 2 aromatic rings. The number of carbonyl (C=O) groups is 2. The number of amides is 1. The van der Waals surface area contributed by atoms with Gasteiger partial charge >= 0.3 is 0 Å². The predicted octanol–water partition coefficient (Wildman–Crippen LogP) is 3.85. The van der Waals surface area contributed by atoms with Crippen molar-refractivity contribution in [3.8, 4) is 0 Å². The van der Waals surface area contributed by atoms with Gasteiger partial charge in [0, 0.05) is 37.3 Å². The summed E-state index contributed by atoms with van der Waals surface area (Å²) in [7, 11) is 0. The van der Waals surface area contributed by atoms with Crippen LogP contribution in [0.15, 0.2) is 16.8 Å². The number of ketones is 1. The molecule has 1 aliphatic carbocycles. The number of carbonyl (C=O) groups excluding carboxylic acids is 2. The number of hydrogen-bond donors (Lipinski definition) is 1. The van der Waals surface area contributed by atoms with E-state index in [9.17, 15) is 9.59 Å². The predicted molar refractivity (Wildman–Crippen MR) is 94.9 cm³/mol. The maximum Gasteiger partial charge on any atom is 0.293 e. The summed E-state index contributed by atoms with van der Waals surface area (Å²) in [5.74, 6) is 1.42. The minimum absolute atomic E-state index is 0.0489. The van der Waals surface area contributed by atoms with Crippen LogP contribution in [0.4, 0.5) is 5.95 Å². The van der Waals surface area contributed by atoms with E-state index in [4.69, 9.17) is 4.42 Å². The first kappa shape index (κ1) is 17.5. The molecule has 25 heavy (non-hydrogen) atoms. The van der Waals surface area contributed by atoms with Crippen LogP contribution in [0.2, 0.25) is 0 Å². The van der Waals surface area contributed by atoms with Crippen molar-refractivity contribution in [1.82, 2.24) is 9.55 Å². The third kappa shape index (κ3) is 3.38. The summed E-state index contributed by atoms with van der Waals surface area (Å²) < 4.78 is 7.70. The van der Waals surface area contributed by atoms with E-state index < -0.39 is 0 Å². The lowest BCUT2D eigenvalue weighted by molar-refractivity contribution is 0.0898. The Morgan fingerprint density at radius 2 is 2.12 bits per heavy atom. The van der Waals surface area contributed by atoms with Crippen LogP contribution < -0.4 is 5.32 Å². The first-order valence-electron chi connectivity index (χ1n) is 8.66. The third-order valence-electron chi connectivity index (χ3n) is 4.49. The number of nitrogens with one attached hydrogen (secondary N) is 1. The molecule has 1 N–H and O–H groups in total. The summed E-state index contributed by atoms with van der Waals surface area (Å²) in [6.45, 7) is 10.8. The number of imidazole rings is 1. The van der Waals surface area contributed by atoms with Crippen molar-refractivity contribution in [2.75, 3.05) is 5.32 Å². The molecule has 3 rings (SSSR count). The normalized spacial score (nSPS) is 16.2. The SMILES string of the molecule is Cc1c(C(=O)Nc2nccn2CC(C)C)oc2c1C(=O)CC(C)(C)C2. The van der Waals surface area contributed by atoms with Gasteiger partial charge in [-0.05, 0) is 18.3 Å². The molecule has 0 bridgehead atoms. The fourth-order valence-electron chi connectivity index (χ4n) is 3.43. The molecule has 0 aliphatic heterocycles. The Balaban J connectivity index is 1.87. The minimum atomic E-state index is -0.367. The van der Waals surface area contributed by atoms with E-state index in [1.54, 1.807) is 13.1 Å². The quantitative estimate of drug-likeness (QED) is 0.915. The van der Waals surface area contributed by atoms with Crippen LogP contribution in [0, 0.1) is 18.3 Å². The van der Waals surface area contributed by atoms with Gasteiger partial charge in [0.15, 0.2) is 11.5 Å². The smallest absolute Gasteiger partial charge is 0.293 e. The second kappa shape index (κ2) is 6.17.